The Balaban J connectivity index is 1.45. The molecule has 2 amide bonds. The molecule has 1 aromatic heterocycles. The number of urea groups is 1. The van der Waals surface area contributed by atoms with Gasteiger partial charge in [0.1, 0.15) is 10.8 Å². The molecule has 6 heteroatoms. The number of carbonyl (C=O) groups excluding carboxylic acids is 1. The molecule has 1 heterocycles. The van der Waals surface area contributed by atoms with Crippen molar-refractivity contribution in [3.05, 3.63) is 71.0 Å². The number of anilines is 1. The van der Waals surface area contributed by atoms with Gasteiger partial charge in [-0.05, 0) is 48.2 Å². The Bertz CT molecular complexity index is 911. The van der Waals surface area contributed by atoms with Crippen LogP contribution >= 0.6 is 11.3 Å². The van der Waals surface area contributed by atoms with Crippen LogP contribution in [0.5, 0.6) is 0 Å². The van der Waals surface area contributed by atoms with Gasteiger partial charge in [0.25, 0.3) is 0 Å². The van der Waals surface area contributed by atoms with Crippen molar-refractivity contribution < 1.29 is 9.18 Å². The third-order valence-corrected chi connectivity index (χ3v) is 5.11. The summed E-state index contributed by atoms with van der Waals surface area (Å²) in [6.45, 7) is 0. The number of fused-ring (bicyclic) bond motifs is 1. The van der Waals surface area contributed by atoms with Gasteiger partial charge in [-0.25, -0.2) is 14.2 Å². The van der Waals surface area contributed by atoms with E-state index in [1.54, 1.807) is 29.7 Å². The number of aryl methyl sites for hydroxylation is 1. The van der Waals surface area contributed by atoms with Crippen molar-refractivity contribution in [1.82, 2.24) is 10.3 Å². The van der Waals surface area contributed by atoms with Crippen LogP contribution in [0.2, 0.25) is 0 Å². The first kappa shape index (κ1) is 15.8. The van der Waals surface area contributed by atoms with Crippen LogP contribution in [0, 0.1) is 5.82 Å². The summed E-state index contributed by atoms with van der Waals surface area (Å²) in [4.78, 5) is 16.6. The number of nitrogens with zero attached hydrogens (tertiary/aromatic N) is 1. The van der Waals surface area contributed by atoms with E-state index in [0.29, 0.717) is 5.69 Å². The second-order valence-electron chi connectivity index (χ2n) is 5.95. The standard InChI is InChI=1S/C19H16FN3OS/c20-14-5-6-16-12(10-14)4-7-17(16)23-19(24)22-15-3-1-2-13(11-15)18-21-8-9-25-18/h1-3,5-6,8-11,17H,4,7H2,(H2,22,23,24)/t17-/m0/s1. The van der Waals surface area contributed by atoms with Crippen LogP contribution in [0.1, 0.15) is 23.6 Å². The highest BCUT2D eigenvalue weighted by molar-refractivity contribution is 7.13. The molecule has 3 aromatic rings. The van der Waals surface area contributed by atoms with E-state index in [0.717, 1.165) is 34.5 Å². The Kier molecular flexibility index (Phi) is 4.19. The van der Waals surface area contributed by atoms with Crippen LogP contribution in [0.3, 0.4) is 0 Å². The minimum absolute atomic E-state index is 0.0854. The molecule has 1 atom stereocenters. The van der Waals surface area contributed by atoms with Crippen LogP contribution in [-0.4, -0.2) is 11.0 Å². The first-order valence-corrected chi connectivity index (χ1v) is 8.93. The lowest BCUT2D eigenvalue weighted by atomic mass is 10.1. The molecule has 2 N–H and O–H groups in total. The Morgan fingerprint density at radius 2 is 2.16 bits per heavy atom. The fraction of sp³-hybridized carbons (Fsp3) is 0.158. The second kappa shape index (κ2) is 6.64. The Morgan fingerprint density at radius 1 is 1.24 bits per heavy atom. The van der Waals surface area contributed by atoms with Gasteiger partial charge < -0.3 is 10.6 Å². The third-order valence-electron chi connectivity index (χ3n) is 4.29. The fourth-order valence-electron chi connectivity index (χ4n) is 3.16. The van der Waals surface area contributed by atoms with Crippen molar-refractivity contribution >= 4 is 23.1 Å². The number of thiazole rings is 1. The fourth-order valence-corrected chi connectivity index (χ4v) is 3.79. The average Bonchev–Trinajstić information content (AvgIpc) is 3.25. The summed E-state index contributed by atoms with van der Waals surface area (Å²) in [5.41, 5.74) is 3.64. The molecule has 2 aromatic carbocycles. The highest BCUT2D eigenvalue weighted by Gasteiger charge is 2.24. The number of amides is 2. The summed E-state index contributed by atoms with van der Waals surface area (Å²) in [6, 6.07) is 12.0. The van der Waals surface area contributed by atoms with E-state index in [4.69, 9.17) is 0 Å². The van der Waals surface area contributed by atoms with E-state index in [9.17, 15) is 9.18 Å². The zero-order chi connectivity index (χ0) is 17.2. The molecular weight excluding hydrogens is 337 g/mol. The summed E-state index contributed by atoms with van der Waals surface area (Å²) >= 11 is 1.55. The van der Waals surface area contributed by atoms with Gasteiger partial charge in [0.2, 0.25) is 0 Å². The maximum atomic E-state index is 13.3. The number of hydrogen-bond acceptors (Lipinski definition) is 3. The van der Waals surface area contributed by atoms with E-state index < -0.39 is 0 Å². The van der Waals surface area contributed by atoms with E-state index in [-0.39, 0.29) is 17.9 Å². The molecule has 0 saturated carbocycles. The number of aromatic nitrogens is 1. The maximum Gasteiger partial charge on any atom is 0.319 e. The summed E-state index contributed by atoms with van der Waals surface area (Å²) < 4.78 is 13.3. The maximum absolute atomic E-state index is 13.3. The number of hydrogen-bond donors (Lipinski definition) is 2. The topological polar surface area (TPSA) is 54.0 Å². The van der Waals surface area contributed by atoms with Gasteiger partial charge in [-0.15, -0.1) is 11.3 Å². The lowest BCUT2D eigenvalue weighted by molar-refractivity contribution is 0.248. The van der Waals surface area contributed by atoms with Gasteiger partial charge in [-0.1, -0.05) is 18.2 Å². The largest absolute Gasteiger partial charge is 0.331 e. The zero-order valence-electron chi connectivity index (χ0n) is 13.3. The van der Waals surface area contributed by atoms with Gasteiger partial charge in [-0.2, -0.15) is 0 Å². The van der Waals surface area contributed by atoms with Crippen LogP contribution in [-0.2, 0) is 6.42 Å². The van der Waals surface area contributed by atoms with Crippen LogP contribution in [0.25, 0.3) is 10.6 Å². The SMILES string of the molecule is O=C(Nc1cccc(-c2nccs2)c1)N[C@H]1CCc2cc(F)ccc21. The van der Waals surface area contributed by atoms with Crippen molar-refractivity contribution in [2.24, 2.45) is 0 Å². The number of carbonyl (C=O) groups is 1. The third kappa shape index (κ3) is 3.39. The van der Waals surface area contributed by atoms with Crippen LogP contribution < -0.4 is 10.6 Å². The van der Waals surface area contributed by atoms with Crippen molar-refractivity contribution in [3.8, 4) is 10.6 Å². The van der Waals surface area contributed by atoms with Gasteiger partial charge in [-0.3, -0.25) is 0 Å². The molecule has 4 nitrogen and oxygen atoms in total. The molecule has 0 radical (unpaired) electrons. The summed E-state index contributed by atoms with van der Waals surface area (Å²) in [6.07, 6.45) is 3.32. The molecule has 1 aliphatic rings. The summed E-state index contributed by atoms with van der Waals surface area (Å²) in [7, 11) is 0. The number of benzene rings is 2. The molecule has 0 unspecified atom stereocenters. The molecule has 0 fully saturated rings. The lowest BCUT2D eigenvalue weighted by Crippen LogP contribution is -2.31. The highest BCUT2D eigenvalue weighted by atomic mass is 32.1. The van der Waals surface area contributed by atoms with Crippen LogP contribution in [0.4, 0.5) is 14.9 Å². The highest BCUT2D eigenvalue weighted by Crippen LogP contribution is 2.31. The van der Waals surface area contributed by atoms with Gasteiger partial charge in [0.05, 0.1) is 6.04 Å². The minimum atomic E-state index is -0.265. The monoisotopic (exact) mass is 353 g/mol. The summed E-state index contributed by atoms with van der Waals surface area (Å²) in [5.74, 6) is -0.233. The number of rotatable bonds is 3. The molecule has 25 heavy (non-hydrogen) atoms. The molecule has 1 aliphatic carbocycles. The average molecular weight is 353 g/mol. The molecule has 126 valence electrons. The number of nitrogens with one attached hydrogen (secondary N) is 2. The molecular formula is C19H16FN3OS. The normalized spacial score (nSPS) is 15.6. The van der Waals surface area contributed by atoms with Gasteiger partial charge in [0, 0.05) is 22.8 Å². The van der Waals surface area contributed by atoms with E-state index in [1.807, 2.05) is 29.6 Å². The molecule has 0 aliphatic heterocycles. The van der Waals surface area contributed by atoms with Gasteiger partial charge in [0.15, 0.2) is 0 Å². The molecule has 4 rings (SSSR count). The van der Waals surface area contributed by atoms with Crippen molar-refractivity contribution in [1.29, 1.82) is 0 Å². The predicted octanol–water partition coefficient (Wildman–Crippen LogP) is 4.76. The van der Waals surface area contributed by atoms with Crippen molar-refractivity contribution in [3.63, 3.8) is 0 Å². The molecule has 0 bridgehead atoms. The number of halogens is 1. The smallest absolute Gasteiger partial charge is 0.319 e. The van der Waals surface area contributed by atoms with Crippen LogP contribution in [0.15, 0.2) is 54.0 Å². The Labute approximate surface area is 148 Å². The molecule has 0 spiro atoms. The Hall–Kier alpha value is -2.73. The quantitative estimate of drug-likeness (QED) is 0.713. The lowest BCUT2D eigenvalue weighted by Gasteiger charge is -2.15. The van der Waals surface area contributed by atoms with Gasteiger partial charge >= 0.3 is 6.03 Å². The predicted molar refractivity (Wildman–Crippen MR) is 97.2 cm³/mol. The van der Waals surface area contributed by atoms with E-state index in [1.165, 1.54) is 6.07 Å². The zero-order valence-corrected chi connectivity index (χ0v) is 14.1. The van der Waals surface area contributed by atoms with E-state index >= 15 is 0 Å². The van der Waals surface area contributed by atoms with Crippen molar-refractivity contribution in [2.45, 2.75) is 18.9 Å². The molecule has 0 saturated heterocycles. The van der Waals surface area contributed by atoms with E-state index in [2.05, 4.69) is 15.6 Å². The second-order valence-corrected chi connectivity index (χ2v) is 6.85. The first-order chi connectivity index (χ1) is 12.2. The first-order valence-electron chi connectivity index (χ1n) is 8.05. The van der Waals surface area contributed by atoms with Crippen molar-refractivity contribution in [2.75, 3.05) is 5.32 Å². The minimum Gasteiger partial charge on any atom is -0.331 e. The Morgan fingerprint density at radius 3 is 3.00 bits per heavy atom. The summed E-state index contributed by atoms with van der Waals surface area (Å²) in [5, 5.41) is 8.67.